The maximum Gasteiger partial charge on any atom is 0.273 e. The number of hydrogen-bond acceptors (Lipinski definition) is 4. The zero-order chi connectivity index (χ0) is 15.9. The van der Waals surface area contributed by atoms with Crippen LogP contribution in [0.15, 0.2) is 34.9 Å². The summed E-state index contributed by atoms with van der Waals surface area (Å²) in [6.45, 7) is 2.42. The summed E-state index contributed by atoms with van der Waals surface area (Å²) in [5.41, 5.74) is 1.01. The van der Waals surface area contributed by atoms with E-state index in [0.29, 0.717) is 30.3 Å². The molecule has 116 valence electrons. The van der Waals surface area contributed by atoms with Crippen LogP contribution < -0.4 is 10.6 Å². The minimum absolute atomic E-state index is 0.0876. The first-order valence-electron chi connectivity index (χ1n) is 6.81. The lowest BCUT2D eigenvalue weighted by molar-refractivity contribution is -0.118. The number of rotatable bonds is 6. The van der Waals surface area contributed by atoms with Gasteiger partial charge in [0.25, 0.3) is 5.91 Å². The molecule has 2 amide bonds. The highest BCUT2D eigenvalue weighted by Gasteiger charge is 2.13. The first-order chi connectivity index (χ1) is 10.6. The van der Waals surface area contributed by atoms with E-state index in [1.165, 1.54) is 6.92 Å². The van der Waals surface area contributed by atoms with Gasteiger partial charge in [-0.15, -0.1) is 0 Å². The molecule has 0 bridgehead atoms. The van der Waals surface area contributed by atoms with Crippen LogP contribution in [-0.4, -0.2) is 30.1 Å². The molecule has 0 saturated carbocycles. The number of halogens is 1. The summed E-state index contributed by atoms with van der Waals surface area (Å²) < 4.78 is 5.16. The van der Waals surface area contributed by atoms with E-state index in [9.17, 15) is 9.59 Å². The molecular weight excluding hydrogens is 306 g/mol. The van der Waals surface area contributed by atoms with Gasteiger partial charge in [0, 0.05) is 36.7 Å². The number of carbonyl (C=O) groups is 2. The molecule has 0 spiro atoms. The second-order valence-corrected chi connectivity index (χ2v) is 5.11. The Hall–Kier alpha value is -2.34. The molecule has 0 unspecified atom stereocenters. The minimum Gasteiger partial charge on any atom is -0.356 e. The van der Waals surface area contributed by atoms with Crippen molar-refractivity contribution in [2.24, 2.45) is 0 Å². The summed E-state index contributed by atoms with van der Waals surface area (Å²) >= 11 is 5.82. The molecule has 1 heterocycles. The van der Waals surface area contributed by atoms with Crippen molar-refractivity contribution in [2.45, 2.75) is 13.3 Å². The van der Waals surface area contributed by atoms with E-state index < -0.39 is 0 Å². The Labute approximate surface area is 132 Å². The number of aromatic nitrogens is 1. The molecule has 7 heteroatoms. The first-order valence-corrected chi connectivity index (χ1v) is 7.19. The van der Waals surface area contributed by atoms with Crippen LogP contribution in [0.1, 0.15) is 23.8 Å². The van der Waals surface area contributed by atoms with Crippen molar-refractivity contribution in [2.75, 3.05) is 13.1 Å². The number of nitrogens with zero attached hydrogens (tertiary/aromatic N) is 1. The normalized spacial score (nSPS) is 10.3. The lowest BCUT2D eigenvalue weighted by atomic mass is 10.1. The topological polar surface area (TPSA) is 84.2 Å². The SMILES string of the molecule is CC(=O)NCCCNC(=O)c1cc(-c2ccc(Cl)cc2)on1. The Kier molecular flexibility index (Phi) is 5.55. The number of nitrogens with one attached hydrogen (secondary N) is 2. The Bertz CT molecular complexity index is 652. The predicted molar refractivity (Wildman–Crippen MR) is 82.6 cm³/mol. The summed E-state index contributed by atoms with van der Waals surface area (Å²) in [5.74, 6) is 0.0993. The quantitative estimate of drug-likeness (QED) is 0.799. The van der Waals surface area contributed by atoms with Crippen molar-refractivity contribution >= 4 is 23.4 Å². The van der Waals surface area contributed by atoms with Gasteiger partial charge >= 0.3 is 0 Å². The molecule has 0 aliphatic rings. The summed E-state index contributed by atoms with van der Waals surface area (Å²) in [7, 11) is 0. The van der Waals surface area contributed by atoms with Crippen molar-refractivity contribution in [3.8, 4) is 11.3 Å². The average Bonchev–Trinajstić information content (AvgIpc) is 2.97. The molecule has 2 N–H and O–H groups in total. The molecule has 0 aliphatic heterocycles. The highest BCUT2D eigenvalue weighted by atomic mass is 35.5. The summed E-state index contributed by atoms with van der Waals surface area (Å²) in [4.78, 5) is 22.6. The van der Waals surface area contributed by atoms with Crippen molar-refractivity contribution in [1.29, 1.82) is 0 Å². The molecule has 2 aromatic rings. The van der Waals surface area contributed by atoms with E-state index >= 15 is 0 Å². The third-order valence-corrected chi connectivity index (χ3v) is 3.14. The molecule has 0 aliphatic carbocycles. The van der Waals surface area contributed by atoms with Crippen LogP contribution in [0.2, 0.25) is 5.02 Å². The van der Waals surface area contributed by atoms with E-state index in [-0.39, 0.29) is 17.5 Å². The molecule has 6 nitrogen and oxygen atoms in total. The molecule has 1 aromatic carbocycles. The predicted octanol–water partition coefficient (Wildman–Crippen LogP) is 2.25. The Morgan fingerprint density at radius 3 is 2.55 bits per heavy atom. The van der Waals surface area contributed by atoms with Crippen molar-refractivity contribution in [3.63, 3.8) is 0 Å². The average molecular weight is 322 g/mol. The van der Waals surface area contributed by atoms with Gasteiger partial charge in [0.05, 0.1) is 0 Å². The molecule has 0 fully saturated rings. The van der Waals surface area contributed by atoms with Gasteiger partial charge in [-0.2, -0.15) is 0 Å². The fraction of sp³-hybridized carbons (Fsp3) is 0.267. The first kappa shape index (κ1) is 16.0. The largest absolute Gasteiger partial charge is 0.356 e. The Morgan fingerprint density at radius 1 is 1.18 bits per heavy atom. The zero-order valence-electron chi connectivity index (χ0n) is 12.1. The maximum absolute atomic E-state index is 11.9. The van der Waals surface area contributed by atoms with Crippen molar-refractivity contribution in [1.82, 2.24) is 15.8 Å². The van der Waals surface area contributed by atoms with E-state index in [1.807, 2.05) is 0 Å². The van der Waals surface area contributed by atoms with Gasteiger partial charge in [-0.25, -0.2) is 0 Å². The third kappa shape index (κ3) is 4.60. The van der Waals surface area contributed by atoms with Crippen LogP contribution in [0.5, 0.6) is 0 Å². The lowest BCUT2D eigenvalue weighted by Gasteiger charge is -2.03. The maximum atomic E-state index is 11.9. The summed E-state index contributed by atoms with van der Waals surface area (Å²) in [5, 5.41) is 9.74. The van der Waals surface area contributed by atoms with Crippen LogP contribution in [0.4, 0.5) is 0 Å². The van der Waals surface area contributed by atoms with Gasteiger partial charge in [-0.3, -0.25) is 9.59 Å². The van der Waals surface area contributed by atoms with Crippen LogP contribution in [0, 0.1) is 0 Å². The van der Waals surface area contributed by atoms with Crippen LogP contribution in [-0.2, 0) is 4.79 Å². The van der Waals surface area contributed by atoms with Gasteiger partial charge in [-0.05, 0) is 30.7 Å². The summed E-state index contributed by atoms with van der Waals surface area (Å²) in [6, 6.07) is 8.63. The van der Waals surface area contributed by atoms with E-state index in [0.717, 1.165) is 5.56 Å². The molecule has 0 saturated heterocycles. The molecule has 0 radical (unpaired) electrons. The van der Waals surface area contributed by atoms with Crippen LogP contribution in [0.3, 0.4) is 0 Å². The van der Waals surface area contributed by atoms with Gasteiger partial charge in [0.1, 0.15) is 0 Å². The second kappa shape index (κ2) is 7.61. The van der Waals surface area contributed by atoms with E-state index in [2.05, 4.69) is 15.8 Å². The highest BCUT2D eigenvalue weighted by Crippen LogP contribution is 2.22. The second-order valence-electron chi connectivity index (χ2n) is 4.68. The van der Waals surface area contributed by atoms with E-state index in [1.54, 1.807) is 30.3 Å². The molecular formula is C15H16ClN3O3. The fourth-order valence-electron chi connectivity index (χ4n) is 1.78. The van der Waals surface area contributed by atoms with Crippen LogP contribution in [0.25, 0.3) is 11.3 Å². The van der Waals surface area contributed by atoms with E-state index in [4.69, 9.17) is 16.1 Å². The fourth-order valence-corrected chi connectivity index (χ4v) is 1.90. The van der Waals surface area contributed by atoms with Crippen molar-refractivity contribution in [3.05, 3.63) is 41.0 Å². The molecule has 1 aromatic heterocycles. The molecule has 2 rings (SSSR count). The number of benzene rings is 1. The smallest absolute Gasteiger partial charge is 0.273 e. The highest BCUT2D eigenvalue weighted by molar-refractivity contribution is 6.30. The standard InChI is InChI=1S/C15H16ClN3O3/c1-10(20)17-7-2-8-18-15(21)13-9-14(22-19-13)11-3-5-12(16)6-4-11/h3-6,9H,2,7-8H2,1H3,(H,17,20)(H,18,21). The number of amides is 2. The Morgan fingerprint density at radius 2 is 1.86 bits per heavy atom. The Balaban J connectivity index is 1.86. The van der Waals surface area contributed by atoms with Crippen molar-refractivity contribution < 1.29 is 14.1 Å². The van der Waals surface area contributed by atoms with Gasteiger partial charge in [-0.1, -0.05) is 16.8 Å². The van der Waals surface area contributed by atoms with Gasteiger partial charge in [0.2, 0.25) is 5.91 Å². The number of hydrogen-bond donors (Lipinski definition) is 2. The zero-order valence-corrected chi connectivity index (χ0v) is 12.8. The molecule has 0 atom stereocenters. The summed E-state index contributed by atoms with van der Waals surface area (Å²) in [6.07, 6.45) is 0.646. The lowest BCUT2D eigenvalue weighted by Crippen LogP contribution is -2.28. The van der Waals surface area contributed by atoms with Gasteiger partial charge in [0.15, 0.2) is 11.5 Å². The monoisotopic (exact) mass is 321 g/mol. The minimum atomic E-state index is -0.313. The van der Waals surface area contributed by atoms with Gasteiger partial charge < -0.3 is 15.2 Å². The van der Waals surface area contributed by atoms with Crippen LogP contribution >= 0.6 is 11.6 Å². The molecule has 22 heavy (non-hydrogen) atoms. The third-order valence-electron chi connectivity index (χ3n) is 2.88. The number of carbonyl (C=O) groups excluding carboxylic acids is 2.